The zero-order chi connectivity index (χ0) is 12.1. The molecule has 0 radical (unpaired) electrons. The van der Waals surface area contributed by atoms with E-state index in [9.17, 15) is 0 Å². The largest absolute Gasteiger partial charge is 0.317 e. The third-order valence-corrected chi connectivity index (χ3v) is 3.11. The molecule has 0 aliphatic heterocycles. The lowest BCUT2D eigenvalue weighted by atomic mass is 9.75. The number of nitrogens with one attached hydrogen (secondary N) is 1. The minimum absolute atomic E-state index is 0.424. The van der Waals surface area contributed by atoms with E-state index in [0.29, 0.717) is 10.8 Å². The lowest BCUT2D eigenvalue weighted by Gasteiger charge is -2.33. The van der Waals surface area contributed by atoms with E-state index in [1.807, 2.05) is 0 Å². The maximum Gasteiger partial charge on any atom is -0.00156 e. The molecule has 1 heteroatoms. The van der Waals surface area contributed by atoms with Gasteiger partial charge in [-0.15, -0.1) is 0 Å². The Hall–Kier alpha value is -0.0400. The summed E-state index contributed by atoms with van der Waals surface area (Å²) in [6.45, 7) is 18.5. The third kappa shape index (κ3) is 7.84. The Kier molecular flexibility index (Phi) is 5.87. The van der Waals surface area contributed by atoms with Crippen LogP contribution in [0.1, 0.15) is 61.3 Å². The molecule has 0 aromatic heterocycles. The van der Waals surface area contributed by atoms with Crippen LogP contribution in [0.5, 0.6) is 0 Å². The second-order valence-electron chi connectivity index (χ2n) is 6.97. The topological polar surface area (TPSA) is 12.0 Å². The van der Waals surface area contributed by atoms with E-state index in [1.165, 1.54) is 12.8 Å². The van der Waals surface area contributed by atoms with Gasteiger partial charge in [0.05, 0.1) is 0 Å². The van der Waals surface area contributed by atoms with Crippen LogP contribution in [0.15, 0.2) is 0 Å². The van der Waals surface area contributed by atoms with E-state index >= 15 is 0 Å². The Morgan fingerprint density at radius 3 is 1.87 bits per heavy atom. The summed E-state index contributed by atoms with van der Waals surface area (Å²) >= 11 is 0. The van der Waals surface area contributed by atoms with Crippen LogP contribution >= 0.6 is 0 Å². The second-order valence-corrected chi connectivity index (χ2v) is 6.97. The maximum absolute atomic E-state index is 3.49. The molecule has 0 saturated heterocycles. The molecule has 0 fully saturated rings. The zero-order valence-corrected chi connectivity index (χ0v) is 11.9. The molecule has 0 aromatic carbocycles. The van der Waals surface area contributed by atoms with Crippen LogP contribution in [0.25, 0.3) is 0 Å². The SMILES string of the molecule is CCNCC(CCC(C)(C)C)C(C)(C)C. The number of rotatable bonds is 5. The Bertz CT molecular complexity index is 159. The fourth-order valence-corrected chi connectivity index (χ4v) is 1.77. The molecule has 1 atom stereocenters. The highest BCUT2D eigenvalue weighted by molar-refractivity contribution is 4.77. The van der Waals surface area contributed by atoms with Crippen molar-refractivity contribution < 1.29 is 0 Å². The standard InChI is InChI=1S/C14H31N/c1-8-15-11-12(14(5,6)7)9-10-13(2,3)4/h12,15H,8-11H2,1-7H3. The van der Waals surface area contributed by atoms with Gasteiger partial charge >= 0.3 is 0 Å². The van der Waals surface area contributed by atoms with Gasteiger partial charge < -0.3 is 5.32 Å². The van der Waals surface area contributed by atoms with Crippen molar-refractivity contribution in [2.24, 2.45) is 16.7 Å². The molecule has 0 spiro atoms. The van der Waals surface area contributed by atoms with Crippen LogP contribution in [0, 0.1) is 16.7 Å². The normalized spacial score (nSPS) is 15.4. The van der Waals surface area contributed by atoms with Gasteiger partial charge in [-0.1, -0.05) is 48.5 Å². The fraction of sp³-hybridized carbons (Fsp3) is 1.00. The van der Waals surface area contributed by atoms with Gasteiger partial charge in [0.2, 0.25) is 0 Å². The smallest absolute Gasteiger partial charge is 0.00156 e. The summed E-state index contributed by atoms with van der Waals surface area (Å²) in [5, 5.41) is 3.49. The number of hydrogen-bond donors (Lipinski definition) is 1. The van der Waals surface area contributed by atoms with Crippen LogP contribution in [-0.2, 0) is 0 Å². The van der Waals surface area contributed by atoms with Gasteiger partial charge in [-0.3, -0.25) is 0 Å². The highest BCUT2D eigenvalue weighted by Gasteiger charge is 2.25. The summed E-state index contributed by atoms with van der Waals surface area (Å²) in [7, 11) is 0. The van der Waals surface area contributed by atoms with Crippen molar-refractivity contribution in [1.82, 2.24) is 5.32 Å². The van der Waals surface area contributed by atoms with E-state index in [4.69, 9.17) is 0 Å². The van der Waals surface area contributed by atoms with Crippen molar-refractivity contribution in [1.29, 1.82) is 0 Å². The first-order valence-corrected chi connectivity index (χ1v) is 6.37. The Labute approximate surface area is 97.0 Å². The molecule has 0 heterocycles. The molecular formula is C14H31N. The minimum atomic E-state index is 0.424. The first-order valence-electron chi connectivity index (χ1n) is 6.37. The minimum Gasteiger partial charge on any atom is -0.317 e. The van der Waals surface area contributed by atoms with Crippen LogP contribution in [0.3, 0.4) is 0 Å². The molecule has 0 aliphatic rings. The highest BCUT2D eigenvalue weighted by Crippen LogP contribution is 2.33. The van der Waals surface area contributed by atoms with Crippen LogP contribution in [0.4, 0.5) is 0 Å². The monoisotopic (exact) mass is 213 g/mol. The molecule has 0 amide bonds. The summed E-state index contributed by atoms with van der Waals surface area (Å²) < 4.78 is 0. The van der Waals surface area contributed by atoms with Crippen molar-refractivity contribution in [3.05, 3.63) is 0 Å². The predicted molar refractivity (Wildman–Crippen MR) is 70.2 cm³/mol. The summed E-state index contributed by atoms with van der Waals surface area (Å²) in [5.41, 5.74) is 0.892. The molecule has 1 nitrogen and oxygen atoms in total. The average Bonchev–Trinajstić information content (AvgIpc) is 1.99. The second kappa shape index (κ2) is 5.89. The van der Waals surface area contributed by atoms with Gasteiger partial charge in [-0.05, 0) is 42.7 Å². The van der Waals surface area contributed by atoms with Gasteiger partial charge in [-0.25, -0.2) is 0 Å². The Morgan fingerprint density at radius 2 is 1.53 bits per heavy atom. The van der Waals surface area contributed by atoms with Gasteiger partial charge in [0.1, 0.15) is 0 Å². The van der Waals surface area contributed by atoms with Gasteiger partial charge in [0, 0.05) is 0 Å². The summed E-state index contributed by atoms with van der Waals surface area (Å²) in [4.78, 5) is 0. The average molecular weight is 213 g/mol. The highest BCUT2D eigenvalue weighted by atomic mass is 14.8. The quantitative estimate of drug-likeness (QED) is 0.725. The van der Waals surface area contributed by atoms with Crippen molar-refractivity contribution in [3.63, 3.8) is 0 Å². The van der Waals surface area contributed by atoms with Gasteiger partial charge in [0.25, 0.3) is 0 Å². The summed E-state index contributed by atoms with van der Waals surface area (Å²) in [6, 6.07) is 0. The lowest BCUT2D eigenvalue weighted by Crippen LogP contribution is -2.32. The lowest BCUT2D eigenvalue weighted by molar-refractivity contribution is 0.192. The van der Waals surface area contributed by atoms with Gasteiger partial charge in [-0.2, -0.15) is 0 Å². The van der Waals surface area contributed by atoms with E-state index in [-0.39, 0.29) is 0 Å². The van der Waals surface area contributed by atoms with Crippen molar-refractivity contribution in [3.8, 4) is 0 Å². The first-order chi connectivity index (χ1) is 6.67. The molecule has 15 heavy (non-hydrogen) atoms. The van der Waals surface area contributed by atoms with Crippen molar-refractivity contribution >= 4 is 0 Å². The summed E-state index contributed by atoms with van der Waals surface area (Å²) in [5.74, 6) is 0.789. The van der Waals surface area contributed by atoms with Crippen LogP contribution in [0.2, 0.25) is 0 Å². The van der Waals surface area contributed by atoms with Crippen molar-refractivity contribution in [2.45, 2.75) is 61.3 Å². The summed E-state index contributed by atoms with van der Waals surface area (Å²) in [6.07, 6.45) is 2.65. The molecule has 0 saturated carbocycles. The fourth-order valence-electron chi connectivity index (χ4n) is 1.77. The molecule has 1 N–H and O–H groups in total. The Morgan fingerprint density at radius 1 is 1.00 bits per heavy atom. The number of hydrogen-bond acceptors (Lipinski definition) is 1. The van der Waals surface area contributed by atoms with E-state index in [2.05, 4.69) is 53.8 Å². The maximum atomic E-state index is 3.49. The van der Waals surface area contributed by atoms with Crippen LogP contribution in [-0.4, -0.2) is 13.1 Å². The van der Waals surface area contributed by atoms with E-state index < -0.39 is 0 Å². The molecule has 92 valence electrons. The predicted octanol–water partition coefficient (Wildman–Crippen LogP) is 4.08. The third-order valence-electron chi connectivity index (χ3n) is 3.11. The molecule has 0 aromatic rings. The molecule has 0 rings (SSSR count). The molecular weight excluding hydrogens is 182 g/mol. The van der Waals surface area contributed by atoms with E-state index in [0.717, 1.165) is 19.0 Å². The Balaban J connectivity index is 4.14. The van der Waals surface area contributed by atoms with Gasteiger partial charge in [0.15, 0.2) is 0 Å². The molecule has 0 bridgehead atoms. The first kappa shape index (κ1) is 15.0. The molecule has 0 aliphatic carbocycles. The zero-order valence-electron chi connectivity index (χ0n) is 11.9. The molecule has 1 unspecified atom stereocenters. The van der Waals surface area contributed by atoms with Crippen molar-refractivity contribution in [2.75, 3.05) is 13.1 Å². The van der Waals surface area contributed by atoms with E-state index in [1.54, 1.807) is 0 Å². The van der Waals surface area contributed by atoms with Crippen LogP contribution < -0.4 is 5.32 Å².